The zero-order valence-corrected chi connectivity index (χ0v) is 11.9. The summed E-state index contributed by atoms with van der Waals surface area (Å²) in [4.78, 5) is 4.29. The first kappa shape index (κ1) is 13.7. The van der Waals surface area contributed by atoms with Gasteiger partial charge in [0.25, 0.3) is 0 Å². The minimum Gasteiger partial charge on any atom is -0.322 e. The van der Waals surface area contributed by atoms with Gasteiger partial charge >= 0.3 is 0 Å². The average molecular weight is 258 g/mol. The van der Waals surface area contributed by atoms with Gasteiger partial charge in [0, 0.05) is 6.04 Å². The Hall–Kier alpha value is -1.68. The highest BCUT2D eigenvalue weighted by molar-refractivity contribution is 5.24. The summed E-state index contributed by atoms with van der Waals surface area (Å²) in [6.45, 7) is 6.71. The summed E-state index contributed by atoms with van der Waals surface area (Å²) in [5.41, 5.74) is 8.75. The Labute approximate surface area is 114 Å². The summed E-state index contributed by atoms with van der Waals surface area (Å²) in [6, 6.07) is 8.52. The Morgan fingerprint density at radius 1 is 1.21 bits per heavy atom. The predicted octanol–water partition coefficient (Wildman–Crippen LogP) is 2.55. The lowest BCUT2D eigenvalue weighted by atomic mass is 10.0. The molecule has 1 heterocycles. The van der Waals surface area contributed by atoms with E-state index in [-0.39, 0.29) is 6.04 Å². The molecule has 2 aromatic rings. The Bertz CT molecular complexity index is 528. The number of nitrogens with two attached hydrogens (primary N) is 1. The fraction of sp³-hybridized carbons (Fsp3) is 0.467. The molecule has 102 valence electrons. The van der Waals surface area contributed by atoms with Crippen molar-refractivity contribution in [2.45, 2.75) is 46.2 Å². The molecule has 19 heavy (non-hydrogen) atoms. The number of aromatic nitrogens is 3. The van der Waals surface area contributed by atoms with Gasteiger partial charge in [-0.1, -0.05) is 37.6 Å². The fourth-order valence-electron chi connectivity index (χ4n) is 2.25. The molecule has 0 saturated carbocycles. The van der Waals surface area contributed by atoms with E-state index in [1.807, 2.05) is 18.5 Å². The van der Waals surface area contributed by atoms with Gasteiger partial charge in [0.1, 0.15) is 11.6 Å². The van der Waals surface area contributed by atoms with Crippen LogP contribution in [0.3, 0.4) is 0 Å². The van der Waals surface area contributed by atoms with Crippen molar-refractivity contribution in [2.75, 3.05) is 0 Å². The summed E-state index contributed by atoms with van der Waals surface area (Å²) in [5, 5.41) is 4.35. The van der Waals surface area contributed by atoms with Crippen molar-refractivity contribution in [3.05, 3.63) is 47.0 Å². The van der Waals surface area contributed by atoms with Crippen LogP contribution in [-0.2, 0) is 13.0 Å². The highest BCUT2D eigenvalue weighted by atomic mass is 15.3. The Kier molecular flexibility index (Phi) is 4.32. The second kappa shape index (κ2) is 5.97. The SMILES string of the molecule is CCCc1ccc(C(N)Cn2nc(C)nc2C)cc1. The van der Waals surface area contributed by atoms with Crippen LogP contribution in [0.4, 0.5) is 0 Å². The maximum Gasteiger partial charge on any atom is 0.147 e. The molecule has 0 bridgehead atoms. The van der Waals surface area contributed by atoms with Crippen LogP contribution in [0, 0.1) is 13.8 Å². The molecule has 4 nitrogen and oxygen atoms in total. The number of rotatable bonds is 5. The molecular formula is C15H22N4. The first-order valence-electron chi connectivity index (χ1n) is 6.82. The van der Waals surface area contributed by atoms with Crippen LogP contribution < -0.4 is 5.73 Å². The van der Waals surface area contributed by atoms with E-state index in [1.54, 1.807) is 0 Å². The summed E-state index contributed by atoms with van der Waals surface area (Å²) in [6.07, 6.45) is 2.29. The van der Waals surface area contributed by atoms with Gasteiger partial charge in [-0.15, -0.1) is 0 Å². The van der Waals surface area contributed by atoms with E-state index in [4.69, 9.17) is 5.73 Å². The number of aryl methyl sites for hydroxylation is 3. The number of benzene rings is 1. The summed E-state index contributed by atoms with van der Waals surface area (Å²) in [5.74, 6) is 1.71. The Morgan fingerprint density at radius 2 is 1.89 bits per heavy atom. The van der Waals surface area contributed by atoms with Crippen LogP contribution >= 0.6 is 0 Å². The van der Waals surface area contributed by atoms with Crippen LogP contribution in [0.1, 0.15) is 42.2 Å². The monoisotopic (exact) mass is 258 g/mol. The van der Waals surface area contributed by atoms with Crippen molar-refractivity contribution in [3.63, 3.8) is 0 Å². The molecule has 0 saturated heterocycles. The topological polar surface area (TPSA) is 56.7 Å². The van der Waals surface area contributed by atoms with E-state index < -0.39 is 0 Å². The van der Waals surface area contributed by atoms with Crippen molar-refractivity contribution in [1.29, 1.82) is 0 Å². The molecule has 0 spiro atoms. The molecule has 0 fully saturated rings. The maximum atomic E-state index is 6.24. The van der Waals surface area contributed by atoms with Gasteiger partial charge in [-0.2, -0.15) is 5.10 Å². The smallest absolute Gasteiger partial charge is 0.147 e. The molecular weight excluding hydrogens is 236 g/mol. The first-order valence-corrected chi connectivity index (χ1v) is 6.82. The second-order valence-electron chi connectivity index (χ2n) is 4.99. The summed E-state index contributed by atoms with van der Waals surface area (Å²) >= 11 is 0. The molecule has 0 aliphatic heterocycles. The molecule has 2 rings (SSSR count). The van der Waals surface area contributed by atoms with E-state index in [0.717, 1.165) is 23.6 Å². The van der Waals surface area contributed by atoms with Gasteiger partial charge < -0.3 is 5.73 Å². The average Bonchev–Trinajstić information content (AvgIpc) is 2.69. The molecule has 1 unspecified atom stereocenters. The third kappa shape index (κ3) is 3.41. The molecule has 0 radical (unpaired) electrons. The summed E-state index contributed by atoms with van der Waals surface area (Å²) < 4.78 is 1.87. The molecule has 2 N–H and O–H groups in total. The minimum atomic E-state index is -0.0459. The van der Waals surface area contributed by atoms with Gasteiger partial charge in [-0.25, -0.2) is 9.67 Å². The molecule has 4 heteroatoms. The van der Waals surface area contributed by atoms with Crippen LogP contribution in [0.5, 0.6) is 0 Å². The van der Waals surface area contributed by atoms with Gasteiger partial charge in [-0.05, 0) is 31.4 Å². The lowest BCUT2D eigenvalue weighted by Crippen LogP contribution is -2.19. The van der Waals surface area contributed by atoms with Gasteiger partial charge in [0.2, 0.25) is 0 Å². The molecule has 1 atom stereocenters. The van der Waals surface area contributed by atoms with Crippen LogP contribution in [-0.4, -0.2) is 14.8 Å². The van der Waals surface area contributed by atoms with E-state index in [0.29, 0.717) is 6.54 Å². The van der Waals surface area contributed by atoms with Crippen molar-refractivity contribution in [1.82, 2.24) is 14.8 Å². The summed E-state index contributed by atoms with van der Waals surface area (Å²) in [7, 11) is 0. The van der Waals surface area contributed by atoms with Crippen molar-refractivity contribution in [2.24, 2.45) is 5.73 Å². The standard InChI is InChI=1S/C15H22N4/c1-4-5-13-6-8-14(9-7-13)15(16)10-19-12(3)17-11(2)18-19/h6-9,15H,4-5,10,16H2,1-3H3. The number of nitrogens with zero attached hydrogens (tertiary/aromatic N) is 3. The number of hydrogen-bond donors (Lipinski definition) is 1. The fourth-order valence-corrected chi connectivity index (χ4v) is 2.25. The lowest BCUT2D eigenvalue weighted by Gasteiger charge is -2.13. The highest BCUT2D eigenvalue weighted by Gasteiger charge is 2.10. The Balaban J connectivity index is 2.07. The van der Waals surface area contributed by atoms with Gasteiger partial charge in [-0.3, -0.25) is 0 Å². The van der Waals surface area contributed by atoms with Gasteiger partial charge in [0.05, 0.1) is 6.54 Å². The van der Waals surface area contributed by atoms with Crippen molar-refractivity contribution >= 4 is 0 Å². The zero-order valence-electron chi connectivity index (χ0n) is 11.9. The predicted molar refractivity (Wildman–Crippen MR) is 76.9 cm³/mol. The highest BCUT2D eigenvalue weighted by Crippen LogP contribution is 2.15. The van der Waals surface area contributed by atoms with Crippen molar-refractivity contribution < 1.29 is 0 Å². The Morgan fingerprint density at radius 3 is 2.42 bits per heavy atom. The lowest BCUT2D eigenvalue weighted by molar-refractivity contribution is 0.513. The number of hydrogen-bond acceptors (Lipinski definition) is 3. The molecule has 0 aliphatic carbocycles. The van der Waals surface area contributed by atoms with Crippen LogP contribution in [0.2, 0.25) is 0 Å². The zero-order chi connectivity index (χ0) is 13.8. The quantitative estimate of drug-likeness (QED) is 0.896. The molecule has 0 amide bonds. The third-order valence-electron chi connectivity index (χ3n) is 3.28. The van der Waals surface area contributed by atoms with E-state index in [1.165, 1.54) is 12.0 Å². The maximum absolute atomic E-state index is 6.24. The van der Waals surface area contributed by atoms with Crippen LogP contribution in [0.25, 0.3) is 0 Å². The molecule has 1 aromatic carbocycles. The molecule has 0 aliphatic rings. The van der Waals surface area contributed by atoms with E-state index in [9.17, 15) is 0 Å². The third-order valence-corrected chi connectivity index (χ3v) is 3.28. The largest absolute Gasteiger partial charge is 0.322 e. The van der Waals surface area contributed by atoms with E-state index in [2.05, 4.69) is 41.3 Å². The first-order chi connectivity index (χ1) is 9.10. The van der Waals surface area contributed by atoms with Gasteiger partial charge in [0.15, 0.2) is 0 Å². The normalized spacial score (nSPS) is 12.6. The second-order valence-corrected chi connectivity index (χ2v) is 4.99. The minimum absolute atomic E-state index is 0.0459. The molecule has 1 aromatic heterocycles. The van der Waals surface area contributed by atoms with Crippen LogP contribution in [0.15, 0.2) is 24.3 Å². The van der Waals surface area contributed by atoms with Crippen molar-refractivity contribution in [3.8, 4) is 0 Å². The van der Waals surface area contributed by atoms with E-state index >= 15 is 0 Å².